The molecule has 1 amide bonds. The van der Waals surface area contributed by atoms with Gasteiger partial charge in [-0.05, 0) is 31.9 Å². The van der Waals surface area contributed by atoms with Gasteiger partial charge < -0.3 is 19.7 Å². The summed E-state index contributed by atoms with van der Waals surface area (Å²) in [5, 5.41) is 3.53. The fraction of sp³-hybridized carbons (Fsp3) is 0.545. The minimum atomic E-state index is -0.414. The molecule has 29 heavy (non-hydrogen) atoms. The molecule has 2 heterocycles. The third kappa shape index (κ3) is 4.29. The minimum Gasteiger partial charge on any atom is -0.367 e. The Morgan fingerprint density at radius 3 is 2.38 bits per heavy atom. The van der Waals surface area contributed by atoms with Crippen molar-refractivity contribution in [3.63, 3.8) is 0 Å². The van der Waals surface area contributed by atoms with Gasteiger partial charge in [0.2, 0.25) is 5.43 Å². The van der Waals surface area contributed by atoms with Crippen molar-refractivity contribution < 1.29 is 9.18 Å². The molecule has 0 aliphatic carbocycles. The van der Waals surface area contributed by atoms with Crippen molar-refractivity contribution in [1.29, 1.82) is 0 Å². The molecular weight excluding hydrogens is 371 g/mol. The van der Waals surface area contributed by atoms with Crippen LogP contribution in [0.25, 0.3) is 10.9 Å². The van der Waals surface area contributed by atoms with Gasteiger partial charge in [-0.1, -0.05) is 13.8 Å². The summed E-state index contributed by atoms with van der Waals surface area (Å²) in [6.07, 6.45) is 3.29. The summed E-state index contributed by atoms with van der Waals surface area (Å²) in [7, 11) is 0. The smallest absolute Gasteiger partial charge is 0.259 e. The van der Waals surface area contributed by atoms with Crippen molar-refractivity contribution in [2.45, 2.75) is 40.2 Å². The lowest BCUT2D eigenvalue weighted by Crippen LogP contribution is -2.44. The molecule has 0 radical (unpaired) electrons. The van der Waals surface area contributed by atoms with Crippen LogP contribution in [0.3, 0.4) is 0 Å². The van der Waals surface area contributed by atoms with Crippen LogP contribution in [0, 0.1) is 5.82 Å². The molecule has 1 aromatic heterocycles. The lowest BCUT2D eigenvalue weighted by molar-refractivity contribution is 0.0753. The van der Waals surface area contributed by atoms with E-state index in [9.17, 15) is 14.0 Å². The van der Waals surface area contributed by atoms with E-state index in [0.29, 0.717) is 30.8 Å². The number of aryl methyl sites for hydroxylation is 1. The summed E-state index contributed by atoms with van der Waals surface area (Å²) >= 11 is 0. The van der Waals surface area contributed by atoms with E-state index in [1.807, 2.05) is 30.2 Å². The first-order valence-electron chi connectivity index (χ1n) is 10.6. The highest BCUT2D eigenvalue weighted by Gasteiger charge is 2.22. The summed E-state index contributed by atoms with van der Waals surface area (Å²) < 4.78 is 16.8. The van der Waals surface area contributed by atoms with Crippen LogP contribution in [0.4, 0.5) is 10.1 Å². The highest BCUT2D eigenvalue weighted by molar-refractivity contribution is 5.97. The average Bonchev–Trinajstić information content (AvgIpc) is 2.74. The van der Waals surface area contributed by atoms with Gasteiger partial charge in [0.05, 0.1) is 11.2 Å². The van der Waals surface area contributed by atoms with Gasteiger partial charge in [0.25, 0.3) is 5.91 Å². The Bertz CT molecular complexity index is 929. The fourth-order valence-electron chi connectivity index (χ4n) is 3.99. The van der Waals surface area contributed by atoms with Crippen molar-refractivity contribution in [2.75, 3.05) is 44.2 Å². The first-order valence-corrected chi connectivity index (χ1v) is 10.6. The van der Waals surface area contributed by atoms with Crippen LogP contribution in [0.2, 0.25) is 0 Å². The van der Waals surface area contributed by atoms with E-state index in [4.69, 9.17) is 0 Å². The average molecular weight is 403 g/mol. The monoisotopic (exact) mass is 402 g/mol. The number of nitrogens with one attached hydrogen (secondary N) is 1. The van der Waals surface area contributed by atoms with E-state index in [1.54, 1.807) is 17.2 Å². The number of hydrogen-bond donors (Lipinski definition) is 1. The van der Waals surface area contributed by atoms with Crippen LogP contribution in [0.1, 0.15) is 44.0 Å². The van der Waals surface area contributed by atoms with E-state index >= 15 is 0 Å². The highest BCUT2D eigenvalue weighted by Crippen LogP contribution is 2.26. The Morgan fingerprint density at radius 1 is 1.14 bits per heavy atom. The molecule has 1 aliphatic heterocycles. The second-order valence-corrected chi connectivity index (χ2v) is 7.51. The van der Waals surface area contributed by atoms with E-state index in [0.717, 1.165) is 39.0 Å². The van der Waals surface area contributed by atoms with Crippen molar-refractivity contribution in [3.05, 3.63) is 39.9 Å². The summed E-state index contributed by atoms with van der Waals surface area (Å²) in [4.78, 5) is 29.9. The number of rotatable bonds is 7. The number of aromatic nitrogens is 1. The SMILES string of the molecule is CCCN(CCC)C(=O)c1cn(CC)c2cc(N3CCNCC3)c(F)cc2c1=O. The minimum absolute atomic E-state index is 0.121. The van der Waals surface area contributed by atoms with Gasteiger partial charge in [-0.3, -0.25) is 9.59 Å². The van der Waals surface area contributed by atoms with E-state index in [1.165, 1.54) is 6.07 Å². The number of piperazine rings is 1. The van der Waals surface area contributed by atoms with Crippen molar-refractivity contribution in [1.82, 2.24) is 14.8 Å². The van der Waals surface area contributed by atoms with Gasteiger partial charge in [0.1, 0.15) is 11.4 Å². The number of benzene rings is 1. The first-order chi connectivity index (χ1) is 14.0. The third-order valence-corrected chi connectivity index (χ3v) is 5.45. The van der Waals surface area contributed by atoms with Crippen LogP contribution in [0.5, 0.6) is 0 Å². The van der Waals surface area contributed by atoms with Crippen LogP contribution in [-0.2, 0) is 6.54 Å². The lowest BCUT2D eigenvalue weighted by Gasteiger charge is -2.30. The number of nitrogens with zero attached hydrogens (tertiary/aromatic N) is 3. The maximum absolute atomic E-state index is 14.9. The Morgan fingerprint density at radius 2 is 1.79 bits per heavy atom. The number of amides is 1. The van der Waals surface area contributed by atoms with Crippen molar-refractivity contribution in [3.8, 4) is 0 Å². The van der Waals surface area contributed by atoms with Gasteiger partial charge in [0, 0.05) is 57.4 Å². The van der Waals surface area contributed by atoms with Gasteiger partial charge in [-0.15, -0.1) is 0 Å². The van der Waals surface area contributed by atoms with E-state index in [2.05, 4.69) is 5.32 Å². The molecule has 0 atom stereocenters. The van der Waals surface area contributed by atoms with Crippen LogP contribution >= 0.6 is 0 Å². The second kappa shape index (κ2) is 9.39. The normalized spacial score (nSPS) is 14.4. The fourth-order valence-corrected chi connectivity index (χ4v) is 3.99. The Balaban J connectivity index is 2.12. The molecule has 158 valence electrons. The molecule has 1 aromatic carbocycles. The molecule has 7 heteroatoms. The molecule has 0 spiro atoms. The highest BCUT2D eigenvalue weighted by atomic mass is 19.1. The second-order valence-electron chi connectivity index (χ2n) is 7.51. The van der Waals surface area contributed by atoms with Gasteiger partial charge in [-0.2, -0.15) is 0 Å². The van der Waals surface area contributed by atoms with Crippen molar-refractivity contribution >= 4 is 22.5 Å². The van der Waals surface area contributed by atoms with Crippen LogP contribution < -0.4 is 15.6 Å². The van der Waals surface area contributed by atoms with Gasteiger partial charge in [0.15, 0.2) is 0 Å². The molecule has 2 aromatic rings. The molecule has 0 bridgehead atoms. The maximum Gasteiger partial charge on any atom is 0.259 e. The number of pyridine rings is 1. The topological polar surface area (TPSA) is 57.6 Å². The Kier molecular flexibility index (Phi) is 6.90. The number of anilines is 1. The number of fused-ring (bicyclic) bond motifs is 1. The number of carbonyl (C=O) groups excluding carboxylic acids is 1. The number of carbonyl (C=O) groups is 1. The summed E-state index contributed by atoms with van der Waals surface area (Å²) in [6, 6.07) is 3.06. The van der Waals surface area contributed by atoms with Crippen LogP contribution in [-0.4, -0.2) is 54.6 Å². The first kappa shape index (κ1) is 21.3. The Labute approximate surface area is 171 Å². The number of halogens is 1. The molecule has 6 nitrogen and oxygen atoms in total. The van der Waals surface area contributed by atoms with Crippen LogP contribution in [0.15, 0.2) is 23.1 Å². The molecule has 1 saturated heterocycles. The summed E-state index contributed by atoms with van der Waals surface area (Å²) in [5.41, 5.74) is 0.910. The van der Waals surface area contributed by atoms with Gasteiger partial charge in [-0.25, -0.2) is 4.39 Å². The maximum atomic E-state index is 14.9. The predicted octanol–water partition coefficient (Wildman–Crippen LogP) is 2.83. The predicted molar refractivity (Wildman–Crippen MR) is 115 cm³/mol. The molecule has 3 rings (SSSR count). The zero-order valence-corrected chi connectivity index (χ0v) is 17.6. The summed E-state index contributed by atoms with van der Waals surface area (Å²) in [6.45, 7) is 10.8. The third-order valence-electron chi connectivity index (χ3n) is 5.45. The van der Waals surface area contributed by atoms with E-state index < -0.39 is 11.2 Å². The zero-order valence-electron chi connectivity index (χ0n) is 17.6. The Hall–Kier alpha value is -2.41. The molecule has 0 saturated carbocycles. The zero-order chi connectivity index (χ0) is 21.0. The largest absolute Gasteiger partial charge is 0.367 e. The standard InChI is InChI=1S/C22H31FN4O2/c1-4-9-27(10-5-2)22(29)17-15-25(6-3)19-14-20(26-11-7-24-8-12-26)18(23)13-16(19)21(17)28/h13-15,24H,4-12H2,1-3H3. The quantitative estimate of drug-likeness (QED) is 0.774. The molecule has 1 N–H and O–H groups in total. The molecule has 1 fully saturated rings. The van der Waals surface area contributed by atoms with E-state index in [-0.39, 0.29) is 16.9 Å². The summed E-state index contributed by atoms with van der Waals surface area (Å²) in [5.74, 6) is -0.683. The van der Waals surface area contributed by atoms with Crippen molar-refractivity contribution in [2.24, 2.45) is 0 Å². The van der Waals surface area contributed by atoms with Gasteiger partial charge >= 0.3 is 0 Å². The lowest BCUT2D eigenvalue weighted by atomic mass is 10.1. The molecule has 1 aliphatic rings. The number of hydrogen-bond acceptors (Lipinski definition) is 4. The molecule has 0 unspecified atom stereocenters. The molecular formula is C22H31FN4O2.